The van der Waals surface area contributed by atoms with Gasteiger partial charge in [-0.25, -0.2) is 0 Å². The molecule has 4 heteroatoms. The van der Waals surface area contributed by atoms with Crippen LogP contribution < -0.4 is 3.53 Å². The van der Waals surface area contributed by atoms with Crippen molar-refractivity contribution < 1.29 is 4.42 Å². The number of nitrogens with one attached hydrogen (secondary N) is 1. The summed E-state index contributed by atoms with van der Waals surface area (Å²) in [5.41, 5.74) is 1.69. The molecule has 0 atom stereocenters. The van der Waals surface area contributed by atoms with E-state index in [9.17, 15) is 0 Å². The van der Waals surface area contributed by atoms with E-state index in [1.807, 2.05) is 47.1 Å². The Kier molecular flexibility index (Phi) is 1.69. The standard InChI is InChI=1S/C7H5IN2O/c8-10-7-9-5-3-1-2-4-6(5)11-7/h1-4H,(H,9,10). The number of hydrogen-bond acceptors (Lipinski definition) is 3. The van der Waals surface area contributed by atoms with Crippen molar-refractivity contribution in [1.29, 1.82) is 0 Å². The molecule has 1 aromatic heterocycles. The number of fused-ring (bicyclic) bond motifs is 1. The summed E-state index contributed by atoms with van der Waals surface area (Å²) in [6.07, 6.45) is 0. The van der Waals surface area contributed by atoms with E-state index in [4.69, 9.17) is 4.42 Å². The lowest BCUT2D eigenvalue weighted by Gasteiger charge is -1.82. The van der Waals surface area contributed by atoms with Crippen molar-refractivity contribution in [3.8, 4) is 0 Å². The molecule has 2 rings (SSSR count). The smallest absolute Gasteiger partial charge is 0.304 e. The average molecular weight is 260 g/mol. The van der Waals surface area contributed by atoms with Crippen LogP contribution in [-0.4, -0.2) is 4.98 Å². The number of rotatable bonds is 1. The second-order valence-corrected chi connectivity index (χ2v) is 2.62. The normalized spacial score (nSPS) is 10.3. The first-order valence-electron chi connectivity index (χ1n) is 3.12. The van der Waals surface area contributed by atoms with E-state index < -0.39 is 0 Å². The van der Waals surface area contributed by atoms with Gasteiger partial charge in [-0.15, -0.1) is 0 Å². The number of hydrogen-bond donors (Lipinski definition) is 1. The highest BCUT2D eigenvalue weighted by Crippen LogP contribution is 2.18. The summed E-state index contributed by atoms with van der Waals surface area (Å²) in [6, 6.07) is 8.20. The third-order valence-electron chi connectivity index (χ3n) is 1.37. The molecule has 1 heterocycles. The summed E-state index contributed by atoms with van der Waals surface area (Å²) in [5.74, 6) is 0. The lowest BCUT2D eigenvalue weighted by atomic mass is 10.3. The second-order valence-electron chi connectivity index (χ2n) is 2.08. The first-order chi connectivity index (χ1) is 5.40. The molecule has 0 fully saturated rings. The van der Waals surface area contributed by atoms with E-state index in [0.29, 0.717) is 6.01 Å². The fourth-order valence-corrected chi connectivity index (χ4v) is 1.14. The first-order valence-corrected chi connectivity index (χ1v) is 4.20. The van der Waals surface area contributed by atoms with Gasteiger partial charge in [-0.1, -0.05) is 12.1 Å². The second kappa shape index (κ2) is 2.69. The number of oxazole rings is 1. The molecule has 0 bridgehead atoms. The lowest BCUT2D eigenvalue weighted by Crippen LogP contribution is -1.74. The molecular weight excluding hydrogens is 255 g/mol. The number of benzene rings is 1. The summed E-state index contributed by atoms with van der Waals surface area (Å²) < 4.78 is 8.10. The fourth-order valence-electron chi connectivity index (χ4n) is 0.913. The van der Waals surface area contributed by atoms with E-state index in [1.165, 1.54) is 0 Å². The SMILES string of the molecule is INc1nc2ccccc2o1. The van der Waals surface area contributed by atoms with Gasteiger partial charge in [0.05, 0.1) is 22.9 Å². The van der Waals surface area contributed by atoms with Gasteiger partial charge in [-0.2, -0.15) is 4.98 Å². The molecule has 0 saturated carbocycles. The van der Waals surface area contributed by atoms with Crippen molar-refractivity contribution >= 4 is 40.0 Å². The van der Waals surface area contributed by atoms with Crippen LogP contribution >= 0.6 is 22.9 Å². The third kappa shape index (κ3) is 1.18. The molecule has 0 unspecified atom stereocenters. The van der Waals surface area contributed by atoms with Crippen molar-refractivity contribution in [3.05, 3.63) is 24.3 Å². The molecule has 0 aliphatic heterocycles. The van der Waals surface area contributed by atoms with E-state index in [0.717, 1.165) is 11.1 Å². The molecule has 0 aliphatic carbocycles. The summed E-state index contributed by atoms with van der Waals surface area (Å²) in [4.78, 5) is 4.15. The Morgan fingerprint density at radius 3 is 2.91 bits per heavy atom. The molecule has 1 N–H and O–H groups in total. The number of aromatic nitrogens is 1. The zero-order chi connectivity index (χ0) is 7.68. The molecule has 3 nitrogen and oxygen atoms in total. The first kappa shape index (κ1) is 6.90. The number of nitrogens with zero attached hydrogens (tertiary/aromatic N) is 1. The van der Waals surface area contributed by atoms with Crippen LogP contribution in [0.4, 0.5) is 6.01 Å². The predicted molar refractivity (Wildman–Crippen MR) is 51.7 cm³/mol. The molecule has 0 amide bonds. The quantitative estimate of drug-likeness (QED) is 0.632. The maximum Gasteiger partial charge on any atom is 0.304 e. The van der Waals surface area contributed by atoms with Gasteiger partial charge >= 0.3 is 6.01 Å². The van der Waals surface area contributed by atoms with Gasteiger partial charge in [0.1, 0.15) is 5.52 Å². The van der Waals surface area contributed by atoms with Gasteiger partial charge < -0.3 is 4.42 Å². The van der Waals surface area contributed by atoms with Crippen molar-refractivity contribution in [2.75, 3.05) is 3.53 Å². The summed E-state index contributed by atoms with van der Waals surface area (Å²) in [6.45, 7) is 0. The Morgan fingerprint density at radius 1 is 1.36 bits per heavy atom. The van der Waals surface area contributed by atoms with Gasteiger partial charge in [0, 0.05) is 0 Å². The van der Waals surface area contributed by atoms with Gasteiger partial charge in [0.2, 0.25) is 0 Å². The molecule has 0 spiro atoms. The van der Waals surface area contributed by atoms with Gasteiger partial charge in [-0.3, -0.25) is 3.53 Å². The third-order valence-corrected chi connectivity index (χ3v) is 1.84. The number of para-hydroxylation sites is 2. The van der Waals surface area contributed by atoms with Crippen LogP contribution in [-0.2, 0) is 0 Å². The van der Waals surface area contributed by atoms with Gasteiger partial charge in [0.15, 0.2) is 5.58 Å². The van der Waals surface area contributed by atoms with Crippen LogP contribution in [0.25, 0.3) is 11.1 Å². The topological polar surface area (TPSA) is 38.1 Å². The highest BCUT2D eigenvalue weighted by Gasteiger charge is 2.00. The largest absolute Gasteiger partial charge is 0.423 e. The van der Waals surface area contributed by atoms with Crippen LogP contribution in [0, 0.1) is 0 Å². The van der Waals surface area contributed by atoms with Crippen LogP contribution in [0.15, 0.2) is 28.7 Å². The van der Waals surface area contributed by atoms with Gasteiger partial charge in [-0.05, 0) is 12.1 Å². The molecular formula is C7H5IN2O. The Bertz CT molecular complexity index is 338. The Balaban J connectivity index is 2.69. The molecule has 11 heavy (non-hydrogen) atoms. The summed E-state index contributed by atoms with van der Waals surface area (Å²) in [5, 5.41) is 0. The monoisotopic (exact) mass is 260 g/mol. The highest BCUT2D eigenvalue weighted by molar-refractivity contribution is 14.1. The number of halogens is 1. The number of anilines is 1. The Hall–Kier alpha value is -0.780. The molecule has 1 aromatic carbocycles. The van der Waals surface area contributed by atoms with Crippen LogP contribution in [0.3, 0.4) is 0 Å². The van der Waals surface area contributed by atoms with Crippen molar-refractivity contribution in [1.82, 2.24) is 4.98 Å². The Morgan fingerprint density at radius 2 is 2.18 bits per heavy atom. The lowest BCUT2D eigenvalue weighted by molar-refractivity contribution is 0.628. The molecule has 56 valence electrons. The van der Waals surface area contributed by atoms with E-state index >= 15 is 0 Å². The van der Waals surface area contributed by atoms with E-state index in [-0.39, 0.29) is 0 Å². The average Bonchev–Trinajstić information content (AvgIpc) is 2.46. The minimum Gasteiger partial charge on any atom is -0.423 e. The molecule has 0 saturated heterocycles. The van der Waals surface area contributed by atoms with Crippen LogP contribution in [0.1, 0.15) is 0 Å². The zero-order valence-electron chi connectivity index (χ0n) is 5.54. The van der Waals surface area contributed by atoms with Crippen LogP contribution in [0.5, 0.6) is 0 Å². The van der Waals surface area contributed by atoms with Gasteiger partial charge in [0.25, 0.3) is 0 Å². The molecule has 2 aromatic rings. The zero-order valence-corrected chi connectivity index (χ0v) is 7.70. The van der Waals surface area contributed by atoms with E-state index in [2.05, 4.69) is 8.51 Å². The summed E-state index contributed by atoms with van der Waals surface area (Å²) in [7, 11) is 0. The molecule has 0 aliphatic rings. The Labute approximate surface area is 77.3 Å². The van der Waals surface area contributed by atoms with Crippen molar-refractivity contribution in [3.63, 3.8) is 0 Å². The van der Waals surface area contributed by atoms with E-state index in [1.54, 1.807) is 0 Å². The summed E-state index contributed by atoms with van der Waals surface area (Å²) >= 11 is 1.98. The molecule has 0 radical (unpaired) electrons. The fraction of sp³-hybridized carbons (Fsp3) is 0. The van der Waals surface area contributed by atoms with Crippen LogP contribution in [0.2, 0.25) is 0 Å². The van der Waals surface area contributed by atoms with Crippen molar-refractivity contribution in [2.24, 2.45) is 0 Å². The maximum absolute atomic E-state index is 5.29. The highest BCUT2D eigenvalue weighted by atomic mass is 127. The maximum atomic E-state index is 5.29. The minimum atomic E-state index is 0.548. The predicted octanol–water partition coefficient (Wildman–Crippen LogP) is 2.59. The van der Waals surface area contributed by atoms with Crippen molar-refractivity contribution in [2.45, 2.75) is 0 Å². The minimum absolute atomic E-state index is 0.548.